The average Bonchev–Trinajstić information content (AvgIpc) is 2.53. The number of ether oxygens (including phenoxy) is 1. The summed E-state index contributed by atoms with van der Waals surface area (Å²) in [5.74, 6) is -1.45. The molecule has 4 heteroatoms. The molecule has 0 unspecified atom stereocenters. The van der Waals surface area contributed by atoms with Gasteiger partial charge in [-0.15, -0.1) is 0 Å². The molecule has 68 valence electrons. The third-order valence-corrected chi connectivity index (χ3v) is 2.04. The van der Waals surface area contributed by atoms with Crippen molar-refractivity contribution >= 4 is 6.29 Å². The molecule has 0 saturated heterocycles. The zero-order valence-corrected chi connectivity index (χ0v) is 6.64. The molecule has 2 nitrogen and oxygen atoms in total. The van der Waals surface area contributed by atoms with Gasteiger partial charge in [-0.3, -0.25) is 4.79 Å². The van der Waals surface area contributed by atoms with Gasteiger partial charge in [0.2, 0.25) is 0 Å². The number of halogens is 2. The Morgan fingerprint density at radius 3 is 2.92 bits per heavy atom. The number of fused-ring (bicyclic) bond motifs is 1. The van der Waals surface area contributed by atoms with Crippen molar-refractivity contribution in [2.45, 2.75) is 6.42 Å². The fourth-order valence-electron chi connectivity index (χ4n) is 1.39. The predicted octanol–water partition coefficient (Wildman–Crippen LogP) is 1.71. The number of aldehydes is 1. The average molecular weight is 184 g/mol. The van der Waals surface area contributed by atoms with Crippen LogP contribution in [-0.2, 0) is 6.42 Å². The molecule has 0 aliphatic carbocycles. The minimum atomic E-state index is -0.867. The summed E-state index contributed by atoms with van der Waals surface area (Å²) in [6.45, 7) is 0.341. The van der Waals surface area contributed by atoms with Gasteiger partial charge in [0, 0.05) is 18.1 Å². The van der Waals surface area contributed by atoms with Crippen molar-refractivity contribution in [1.29, 1.82) is 0 Å². The molecule has 0 amide bonds. The summed E-state index contributed by atoms with van der Waals surface area (Å²) in [7, 11) is 0. The Bertz CT molecular complexity index is 374. The third-order valence-electron chi connectivity index (χ3n) is 2.04. The monoisotopic (exact) mass is 184 g/mol. The smallest absolute Gasteiger partial charge is 0.155 e. The quantitative estimate of drug-likeness (QED) is 0.621. The van der Waals surface area contributed by atoms with Crippen LogP contribution in [0.1, 0.15) is 15.9 Å². The summed E-state index contributed by atoms with van der Waals surface area (Å²) in [6.07, 6.45) is 0.575. The summed E-state index contributed by atoms with van der Waals surface area (Å²) in [4.78, 5) is 10.3. The van der Waals surface area contributed by atoms with Gasteiger partial charge in [-0.2, -0.15) is 0 Å². The van der Waals surface area contributed by atoms with E-state index in [1.54, 1.807) is 0 Å². The van der Waals surface area contributed by atoms with Crippen molar-refractivity contribution in [3.05, 3.63) is 28.8 Å². The highest BCUT2D eigenvalue weighted by atomic mass is 19.1. The number of carbonyl (C=O) groups is 1. The van der Waals surface area contributed by atoms with Crippen molar-refractivity contribution in [2.75, 3.05) is 6.61 Å². The highest BCUT2D eigenvalue weighted by molar-refractivity contribution is 5.77. The van der Waals surface area contributed by atoms with Crippen LogP contribution < -0.4 is 4.74 Å². The van der Waals surface area contributed by atoms with Crippen molar-refractivity contribution < 1.29 is 18.3 Å². The molecule has 1 aliphatic heterocycles. The summed E-state index contributed by atoms with van der Waals surface area (Å²) >= 11 is 0. The first-order valence-corrected chi connectivity index (χ1v) is 3.83. The molecular weight excluding hydrogens is 178 g/mol. The normalized spacial score (nSPS) is 13.7. The van der Waals surface area contributed by atoms with E-state index in [1.165, 1.54) is 0 Å². The predicted molar refractivity (Wildman–Crippen MR) is 40.9 cm³/mol. The highest BCUT2D eigenvalue weighted by Crippen LogP contribution is 2.30. The van der Waals surface area contributed by atoms with Gasteiger partial charge in [0.15, 0.2) is 6.29 Å². The SMILES string of the molecule is O=Cc1c(F)cc2c(c1F)CCO2. The van der Waals surface area contributed by atoms with E-state index < -0.39 is 17.2 Å². The Morgan fingerprint density at radius 2 is 2.23 bits per heavy atom. The highest BCUT2D eigenvalue weighted by Gasteiger charge is 2.22. The first-order valence-electron chi connectivity index (χ1n) is 3.83. The number of benzene rings is 1. The van der Waals surface area contributed by atoms with Crippen molar-refractivity contribution in [1.82, 2.24) is 0 Å². The number of hydrogen-bond donors (Lipinski definition) is 0. The summed E-state index contributed by atoms with van der Waals surface area (Å²) < 4.78 is 31.2. The molecular formula is C9H6F2O2. The van der Waals surface area contributed by atoms with E-state index in [2.05, 4.69) is 0 Å². The lowest BCUT2D eigenvalue weighted by molar-refractivity contribution is 0.111. The lowest BCUT2D eigenvalue weighted by Crippen LogP contribution is -1.97. The molecule has 0 fully saturated rings. The molecule has 0 aromatic heterocycles. The van der Waals surface area contributed by atoms with Crippen LogP contribution in [-0.4, -0.2) is 12.9 Å². The van der Waals surface area contributed by atoms with Gasteiger partial charge in [0.25, 0.3) is 0 Å². The van der Waals surface area contributed by atoms with E-state index in [0.29, 0.717) is 18.6 Å². The number of carbonyl (C=O) groups excluding carboxylic acids is 1. The van der Waals surface area contributed by atoms with Gasteiger partial charge in [0.1, 0.15) is 17.4 Å². The molecule has 0 atom stereocenters. The second-order valence-corrected chi connectivity index (χ2v) is 2.78. The van der Waals surface area contributed by atoms with Gasteiger partial charge in [-0.1, -0.05) is 0 Å². The zero-order valence-electron chi connectivity index (χ0n) is 6.64. The number of hydrogen-bond acceptors (Lipinski definition) is 2. The molecule has 1 aliphatic rings. The maximum Gasteiger partial charge on any atom is 0.155 e. The van der Waals surface area contributed by atoms with E-state index in [9.17, 15) is 13.6 Å². The first-order chi connectivity index (χ1) is 6.24. The second kappa shape index (κ2) is 2.80. The van der Waals surface area contributed by atoms with Gasteiger partial charge >= 0.3 is 0 Å². The Hall–Kier alpha value is -1.45. The lowest BCUT2D eigenvalue weighted by atomic mass is 10.1. The largest absolute Gasteiger partial charge is 0.493 e. The molecule has 1 heterocycles. The Kier molecular flexibility index (Phi) is 1.76. The first kappa shape index (κ1) is 8.16. The Balaban J connectivity index is 2.69. The molecule has 0 spiro atoms. The minimum absolute atomic E-state index is 0.184. The van der Waals surface area contributed by atoms with Gasteiger partial charge in [-0.05, 0) is 0 Å². The molecule has 1 aromatic rings. The second-order valence-electron chi connectivity index (χ2n) is 2.78. The standard InChI is InChI=1S/C9H6F2O2/c10-7-3-8-5(1-2-13-8)9(11)6(7)4-12/h3-4H,1-2H2. The maximum absolute atomic E-state index is 13.3. The van der Waals surface area contributed by atoms with Crippen molar-refractivity contribution in [3.8, 4) is 5.75 Å². The van der Waals surface area contributed by atoms with E-state index in [0.717, 1.165) is 6.07 Å². The van der Waals surface area contributed by atoms with Crippen molar-refractivity contribution in [3.63, 3.8) is 0 Å². The zero-order chi connectivity index (χ0) is 9.42. The van der Waals surface area contributed by atoms with Gasteiger partial charge < -0.3 is 4.74 Å². The van der Waals surface area contributed by atoms with Crippen LogP contribution in [0, 0.1) is 11.6 Å². The van der Waals surface area contributed by atoms with Crippen LogP contribution >= 0.6 is 0 Å². The van der Waals surface area contributed by atoms with Crippen LogP contribution in [0.4, 0.5) is 8.78 Å². The minimum Gasteiger partial charge on any atom is -0.493 e. The van der Waals surface area contributed by atoms with E-state index in [1.807, 2.05) is 0 Å². The van der Waals surface area contributed by atoms with E-state index in [4.69, 9.17) is 4.74 Å². The molecule has 0 saturated carbocycles. The Morgan fingerprint density at radius 1 is 1.46 bits per heavy atom. The molecule has 0 radical (unpaired) electrons. The van der Waals surface area contributed by atoms with E-state index >= 15 is 0 Å². The lowest BCUT2D eigenvalue weighted by Gasteiger charge is -2.02. The van der Waals surface area contributed by atoms with Crippen LogP contribution in [0.15, 0.2) is 6.07 Å². The summed E-state index contributed by atoms with van der Waals surface area (Å²) in [5, 5.41) is 0. The molecule has 2 rings (SSSR count). The topological polar surface area (TPSA) is 26.3 Å². The van der Waals surface area contributed by atoms with Gasteiger partial charge in [-0.25, -0.2) is 8.78 Å². The number of rotatable bonds is 1. The van der Waals surface area contributed by atoms with Crippen molar-refractivity contribution in [2.24, 2.45) is 0 Å². The molecule has 13 heavy (non-hydrogen) atoms. The van der Waals surface area contributed by atoms with Crippen LogP contribution in [0.2, 0.25) is 0 Å². The Labute approximate surface area is 73.1 Å². The van der Waals surface area contributed by atoms with Crippen LogP contribution in [0.3, 0.4) is 0 Å². The van der Waals surface area contributed by atoms with Crippen LogP contribution in [0.25, 0.3) is 0 Å². The van der Waals surface area contributed by atoms with E-state index in [-0.39, 0.29) is 12.0 Å². The maximum atomic E-state index is 13.3. The molecule has 0 N–H and O–H groups in total. The van der Waals surface area contributed by atoms with Gasteiger partial charge in [0.05, 0.1) is 12.2 Å². The third kappa shape index (κ3) is 1.09. The summed E-state index contributed by atoms with van der Waals surface area (Å²) in [6, 6.07) is 1.05. The molecule has 1 aromatic carbocycles. The fraction of sp³-hybridized carbons (Fsp3) is 0.222. The molecule has 0 bridgehead atoms. The fourth-order valence-corrected chi connectivity index (χ4v) is 1.39. The van der Waals surface area contributed by atoms with Crippen LogP contribution in [0.5, 0.6) is 5.75 Å². The summed E-state index contributed by atoms with van der Waals surface area (Å²) in [5.41, 5.74) is -0.215.